The summed E-state index contributed by atoms with van der Waals surface area (Å²) in [5.41, 5.74) is 3.05. The average molecular weight is 466 g/mol. The molecule has 174 valence electrons. The van der Waals surface area contributed by atoms with Crippen molar-refractivity contribution >= 4 is 22.4 Å². The number of nitrogens with one attached hydrogen (secondary N) is 1. The molecular weight excluding hydrogens is 434 g/mol. The van der Waals surface area contributed by atoms with Gasteiger partial charge in [-0.15, -0.1) is 0 Å². The molecule has 7 heteroatoms. The number of carbonyl (C=O) groups is 1. The monoisotopic (exact) mass is 465 g/mol. The topological polar surface area (TPSA) is 63.7 Å². The minimum atomic E-state index is -0.642. The fourth-order valence-electron chi connectivity index (χ4n) is 3.81. The quantitative estimate of drug-likeness (QED) is 0.497. The molecule has 1 unspecified atom stereocenters. The molecule has 4 rings (SSSR count). The van der Waals surface area contributed by atoms with E-state index < -0.39 is 6.10 Å². The summed E-state index contributed by atoms with van der Waals surface area (Å²) in [5.74, 6) is 0.846. The highest BCUT2D eigenvalue weighted by Crippen LogP contribution is 2.33. The van der Waals surface area contributed by atoms with Crippen LogP contribution >= 0.6 is 11.3 Å². The van der Waals surface area contributed by atoms with Crippen LogP contribution in [-0.2, 0) is 16.1 Å². The van der Waals surface area contributed by atoms with E-state index >= 15 is 0 Å². The molecule has 0 spiro atoms. The van der Waals surface area contributed by atoms with Gasteiger partial charge in [0.05, 0.1) is 18.9 Å². The number of morpholine rings is 1. The molecule has 1 atom stereocenters. The molecule has 1 fully saturated rings. The third kappa shape index (κ3) is 5.99. The van der Waals surface area contributed by atoms with E-state index in [0.29, 0.717) is 11.0 Å². The van der Waals surface area contributed by atoms with Gasteiger partial charge < -0.3 is 9.47 Å². The van der Waals surface area contributed by atoms with Crippen molar-refractivity contribution in [2.75, 3.05) is 31.6 Å². The molecular formula is C26H31N3O3S. The number of benzene rings is 2. The van der Waals surface area contributed by atoms with E-state index in [1.54, 1.807) is 6.92 Å². The van der Waals surface area contributed by atoms with Crippen LogP contribution in [0.4, 0.5) is 5.13 Å². The second kappa shape index (κ2) is 10.9. The fourth-order valence-corrected chi connectivity index (χ4v) is 4.84. The first-order valence-electron chi connectivity index (χ1n) is 11.4. The number of para-hydroxylation sites is 1. The summed E-state index contributed by atoms with van der Waals surface area (Å²) in [6.07, 6.45) is -0.642. The van der Waals surface area contributed by atoms with Gasteiger partial charge in [0.25, 0.3) is 5.91 Å². The zero-order valence-corrected chi connectivity index (χ0v) is 20.2. The molecule has 1 aliphatic rings. The van der Waals surface area contributed by atoms with Gasteiger partial charge in [-0.3, -0.25) is 15.0 Å². The van der Waals surface area contributed by atoms with Crippen LogP contribution in [0, 0.1) is 0 Å². The van der Waals surface area contributed by atoms with Crippen molar-refractivity contribution in [3.63, 3.8) is 0 Å². The molecule has 1 aromatic heterocycles. The molecule has 0 saturated carbocycles. The maximum atomic E-state index is 12.9. The first-order chi connectivity index (χ1) is 16.0. The molecule has 0 radical (unpaired) electrons. The van der Waals surface area contributed by atoms with Crippen molar-refractivity contribution < 1.29 is 14.3 Å². The summed E-state index contributed by atoms with van der Waals surface area (Å²) < 4.78 is 11.5. The van der Waals surface area contributed by atoms with Gasteiger partial charge >= 0.3 is 0 Å². The van der Waals surface area contributed by atoms with E-state index in [1.165, 1.54) is 11.3 Å². The lowest BCUT2D eigenvalue weighted by Crippen LogP contribution is -2.35. The van der Waals surface area contributed by atoms with Gasteiger partial charge in [-0.25, -0.2) is 4.98 Å². The summed E-state index contributed by atoms with van der Waals surface area (Å²) in [5, 5.41) is 3.57. The van der Waals surface area contributed by atoms with Crippen LogP contribution in [0.2, 0.25) is 0 Å². The van der Waals surface area contributed by atoms with Gasteiger partial charge in [0.15, 0.2) is 11.2 Å². The van der Waals surface area contributed by atoms with Gasteiger partial charge in [-0.05, 0) is 24.5 Å². The van der Waals surface area contributed by atoms with Crippen molar-refractivity contribution in [3.8, 4) is 17.0 Å². The zero-order valence-electron chi connectivity index (χ0n) is 19.4. The first-order valence-corrected chi connectivity index (χ1v) is 12.2. The molecule has 1 aliphatic heterocycles. The number of hydrogen-bond donors (Lipinski definition) is 1. The standard InChI is InChI=1S/C26H31N3O3S/c1-18(2)21-11-7-8-12-22(21)32-19(3)25(30)28-26-27-24(20-9-5-4-6-10-20)23(33-26)17-29-13-15-31-16-14-29/h4-12,18-19H,13-17H2,1-3H3,(H,27,28,30). The van der Waals surface area contributed by atoms with Crippen molar-refractivity contribution in [1.82, 2.24) is 9.88 Å². The summed E-state index contributed by atoms with van der Waals surface area (Å²) in [7, 11) is 0. The van der Waals surface area contributed by atoms with Gasteiger partial charge in [0.1, 0.15) is 5.75 Å². The number of amides is 1. The van der Waals surface area contributed by atoms with Crippen LogP contribution in [0.1, 0.15) is 37.1 Å². The maximum Gasteiger partial charge on any atom is 0.266 e. The maximum absolute atomic E-state index is 12.9. The Hall–Kier alpha value is -2.74. The minimum Gasteiger partial charge on any atom is -0.481 e. The number of thiazole rings is 1. The summed E-state index contributed by atoms with van der Waals surface area (Å²) in [6, 6.07) is 18.0. The Morgan fingerprint density at radius 1 is 1.09 bits per heavy atom. The second-order valence-electron chi connectivity index (χ2n) is 8.49. The van der Waals surface area contributed by atoms with Crippen LogP contribution in [0.3, 0.4) is 0 Å². The van der Waals surface area contributed by atoms with E-state index in [0.717, 1.165) is 60.3 Å². The van der Waals surface area contributed by atoms with E-state index in [9.17, 15) is 4.79 Å². The molecule has 6 nitrogen and oxygen atoms in total. The van der Waals surface area contributed by atoms with Crippen molar-refractivity contribution in [2.24, 2.45) is 0 Å². The van der Waals surface area contributed by atoms with Gasteiger partial charge in [0.2, 0.25) is 0 Å². The van der Waals surface area contributed by atoms with Crippen molar-refractivity contribution in [2.45, 2.75) is 39.3 Å². The molecule has 0 aliphatic carbocycles. The second-order valence-corrected chi connectivity index (χ2v) is 9.57. The van der Waals surface area contributed by atoms with Crippen LogP contribution in [0.25, 0.3) is 11.3 Å². The van der Waals surface area contributed by atoms with Crippen LogP contribution in [0.15, 0.2) is 54.6 Å². The highest BCUT2D eigenvalue weighted by molar-refractivity contribution is 7.16. The Balaban J connectivity index is 1.50. The van der Waals surface area contributed by atoms with Gasteiger partial charge in [-0.1, -0.05) is 73.7 Å². The predicted molar refractivity (Wildman–Crippen MR) is 133 cm³/mol. The van der Waals surface area contributed by atoms with E-state index in [-0.39, 0.29) is 5.91 Å². The van der Waals surface area contributed by atoms with Gasteiger partial charge in [0, 0.05) is 30.1 Å². The smallest absolute Gasteiger partial charge is 0.266 e. The normalized spacial score (nSPS) is 15.4. The molecule has 2 aromatic carbocycles. The third-order valence-corrected chi connectivity index (χ3v) is 6.62. The van der Waals surface area contributed by atoms with Crippen LogP contribution in [-0.4, -0.2) is 48.2 Å². The minimum absolute atomic E-state index is 0.208. The number of hydrogen-bond acceptors (Lipinski definition) is 6. The number of rotatable bonds is 8. The Labute approximate surface area is 199 Å². The molecule has 33 heavy (non-hydrogen) atoms. The Morgan fingerprint density at radius 2 is 1.79 bits per heavy atom. The van der Waals surface area contributed by atoms with Crippen LogP contribution < -0.4 is 10.1 Å². The van der Waals surface area contributed by atoms with Crippen LogP contribution in [0.5, 0.6) is 5.75 Å². The fraction of sp³-hybridized carbons (Fsp3) is 0.385. The Bertz CT molecular complexity index is 1060. The van der Waals surface area contributed by atoms with E-state index in [2.05, 4.69) is 36.2 Å². The molecule has 3 aromatic rings. The molecule has 1 saturated heterocycles. The first kappa shape index (κ1) is 23.4. The number of anilines is 1. The van der Waals surface area contributed by atoms with Crippen molar-refractivity contribution in [3.05, 3.63) is 65.0 Å². The molecule has 1 N–H and O–H groups in total. The van der Waals surface area contributed by atoms with E-state index in [4.69, 9.17) is 14.5 Å². The number of ether oxygens (including phenoxy) is 2. The SMILES string of the molecule is CC(Oc1ccccc1C(C)C)C(=O)Nc1nc(-c2ccccc2)c(CN2CCOCC2)s1. The highest BCUT2D eigenvalue weighted by atomic mass is 32.1. The lowest BCUT2D eigenvalue weighted by molar-refractivity contribution is -0.122. The summed E-state index contributed by atoms with van der Waals surface area (Å²) in [4.78, 5) is 21.2. The average Bonchev–Trinajstić information content (AvgIpc) is 3.22. The summed E-state index contributed by atoms with van der Waals surface area (Å²) >= 11 is 1.53. The lowest BCUT2D eigenvalue weighted by Gasteiger charge is -2.26. The number of nitrogens with zero attached hydrogens (tertiary/aromatic N) is 2. The number of carbonyl (C=O) groups excluding carboxylic acids is 1. The third-order valence-electron chi connectivity index (χ3n) is 5.66. The largest absolute Gasteiger partial charge is 0.481 e. The van der Waals surface area contributed by atoms with E-state index in [1.807, 2.05) is 42.5 Å². The Morgan fingerprint density at radius 3 is 2.52 bits per heavy atom. The molecule has 2 heterocycles. The lowest BCUT2D eigenvalue weighted by atomic mass is 10.0. The molecule has 0 bridgehead atoms. The predicted octanol–water partition coefficient (Wildman–Crippen LogP) is 5.17. The van der Waals surface area contributed by atoms with Gasteiger partial charge in [-0.2, -0.15) is 0 Å². The molecule has 1 amide bonds. The zero-order chi connectivity index (χ0) is 23.2. The summed E-state index contributed by atoms with van der Waals surface area (Å²) in [6.45, 7) is 10.1. The number of aromatic nitrogens is 1. The highest BCUT2D eigenvalue weighted by Gasteiger charge is 2.22. The Kier molecular flexibility index (Phi) is 7.75. The van der Waals surface area contributed by atoms with Crippen molar-refractivity contribution in [1.29, 1.82) is 0 Å².